The number of halogens is 1. The number of rotatable bonds is 4. The number of benzene rings is 1. The molecule has 144 valence electrons. The van der Waals surface area contributed by atoms with Gasteiger partial charge in [-0.15, -0.1) is 10.2 Å². The maximum Gasteiger partial charge on any atom is 0.226 e. The average Bonchev–Trinajstić information content (AvgIpc) is 3.03. The highest BCUT2D eigenvalue weighted by Gasteiger charge is 2.34. The number of aryl methyl sites for hydroxylation is 1. The van der Waals surface area contributed by atoms with E-state index in [1.54, 1.807) is 31.0 Å². The monoisotopic (exact) mass is 399 g/mol. The van der Waals surface area contributed by atoms with Crippen molar-refractivity contribution in [3.8, 4) is 17.3 Å². The summed E-state index contributed by atoms with van der Waals surface area (Å²) in [5.74, 6) is 2.06. The molecule has 0 bridgehead atoms. The first-order chi connectivity index (χ1) is 13.5. The molecule has 1 aliphatic rings. The van der Waals surface area contributed by atoms with Gasteiger partial charge in [-0.3, -0.25) is 4.79 Å². The molecule has 0 unspecified atom stereocenters. The Hall–Kier alpha value is -3.13. The Morgan fingerprint density at radius 2 is 2.00 bits per heavy atom. The number of nitrogens with zero attached hydrogens (tertiary/aromatic N) is 4. The van der Waals surface area contributed by atoms with E-state index in [1.807, 2.05) is 25.1 Å². The summed E-state index contributed by atoms with van der Waals surface area (Å²) >= 11 is 5.84. The van der Waals surface area contributed by atoms with Gasteiger partial charge in [-0.2, -0.15) is 9.78 Å². The van der Waals surface area contributed by atoms with Crippen molar-refractivity contribution >= 4 is 23.3 Å². The lowest BCUT2D eigenvalue weighted by molar-refractivity contribution is -0.116. The highest BCUT2D eigenvalue weighted by Crippen LogP contribution is 2.43. The summed E-state index contributed by atoms with van der Waals surface area (Å²) in [5.41, 5.74) is 2.60. The average molecular weight is 400 g/mol. The Bertz CT molecular complexity index is 1050. The Morgan fingerprint density at radius 1 is 1.18 bits per heavy atom. The maximum absolute atomic E-state index is 12.5. The molecule has 0 spiro atoms. The topological polar surface area (TPSA) is 91.2 Å². The predicted octanol–water partition coefficient (Wildman–Crippen LogP) is 3.12. The smallest absolute Gasteiger partial charge is 0.226 e. The largest absolute Gasteiger partial charge is 0.497 e. The Labute approximate surface area is 166 Å². The molecule has 1 N–H and O–H groups in total. The fourth-order valence-corrected chi connectivity index (χ4v) is 3.61. The SMILES string of the molecule is COc1ccc([C@H]2CC(=O)Nc3c2c(C)nn3-c2ccc(Cl)nn2)c(OC)c1. The lowest BCUT2D eigenvalue weighted by atomic mass is 9.85. The Kier molecular flexibility index (Phi) is 4.64. The maximum atomic E-state index is 12.5. The number of anilines is 1. The van der Waals surface area contributed by atoms with E-state index in [-0.39, 0.29) is 23.4 Å². The first-order valence-electron chi connectivity index (χ1n) is 8.62. The van der Waals surface area contributed by atoms with Crippen LogP contribution in [-0.2, 0) is 4.79 Å². The molecule has 1 atom stereocenters. The molecule has 1 aliphatic heterocycles. The van der Waals surface area contributed by atoms with Gasteiger partial charge < -0.3 is 14.8 Å². The molecule has 2 aromatic heterocycles. The number of aromatic nitrogens is 4. The van der Waals surface area contributed by atoms with E-state index in [9.17, 15) is 4.79 Å². The molecule has 0 saturated carbocycles. The van der Waals surface area contributed by atoms with Crippen molar-refractivity contribution in [1.29, 1.82) is 0 Å². The molecule has 0 fully saturated rings. The van der Waals surface area contributed by atoms with Crippen LogP contribution in [0.4, 0.5) is 5.82 Å². The number of nitrogens with one attached hydrogen (secondary N) is 1. The predicted molar refractivity (Wildman–Crippen MR) is 104 cm³/mol. The molecule has 0 radical (unpaired) electrons. The molecule has 4 rings (SSSR count). The number of carbonyl (C=O) groups is 1. The summed E-state index contributed by atoms with van der Waals surface area (Å²) < 4.78 is 12.4. The van der Waals surface area contributed by atoms with Crippen molar-refractivity contribution < 1.29 is 14.3 Å². The third-order valence-corrected chi connectivity index (χ3v) is 4.96. The number of hydrogen-bond acceptors (Lipinski definition) is 6. The van der Waals surface area contributed by atoms with Gasteiger partial charge in [0.1, 0.15) is 17.3 Å². The van der Waals surface area contributed by atoms with E-state index in [4.69, 9.17) is 21.1 Å². The summed E-state index contributed by atoms with van der Waals surface area (Å²) in [6.07, 6.45) is 0.286. The number of carbonyl (C=O) groups excluding carboxylic acids is 1. The number of hydrogen-bond donors (Lipinski definition) is 1. The molecule has 1 aromatic carbocycles. The molecule has 3 aromatic rings. The second kappa shape index (κ2) is 7.12. The third-order valence-electron chi connectivity index (χ3n) is 4.75. The minimum Gasteiger partial charge on any atom is -0.497 e. The van der Waals surface area contributed by atoms with Gasteiger partial charge in [0.05, 0.1) is 19.9 Å². The van der Waals surface area contributed by atoms with Crippen LogP contribution in [0.15, 0.2) is 30.3 Å². The van der Waals surface area contributed by atoms with Crippen molar-refractivity contribution in [3.05, 3.63) is 52.3 Å². The van der Waals surface area contributed by atoms with Gasteiger partial charge in [0, 0.05) is 29.5 Å². The fourth-order valence-electron chi connectivity index (χ4n) is 3.51. The molecule has 0 saturated heterocycles. The summed E-state index contributed by atoms with van der Waals surface area (Å²) in [4.78, 5) is 12.5. The zero-order valence-corrected chi connectivity index (χ0v) is 16.3. The Balaban J connectivity index is 1.86. The quantitative estimate of drug-likeness (QED) is 0.724. The highest BCUT2D eigenvalue weighted by molar-refractivity contribution is 6.29. The summed E-state index contributed by atoms with van der Waals surface area (Å²) in [7, 11) is 3.20. The van der Waals surface area contributed by atoms with Crippen LogP contribution in [0.25, 0.3) is 5.82 Å². The molecule has 0 aliphatic carbocycles. The van der Waals surface area contributed by atoms with Crippen LogP contribution in [-0.4, -0.2) is 40.1 Å². The minimum absolute atomic E-state index is 0.113. The van der Waals surface area contributed by atoms with Crippen molar-refractivity contribution in [2.45, 2.75) is 19.3 Å². The van der Waals surface area contributed by atoms with Gasteiger partial charge >= 0.3 is 0 Å². The van der Waals surface area contributed by atoms with Gasteiger partial charge in [-0.05, 0) is 25.1 Å². The lowest BCUT2D eigenvalue weighted by Crippen LogP contribution is -2.25. The van der Waals surface area contributed by atoms with Crippen LogP contribution >= 0.6 is 11.6 Å². The van der Waals surface area contributed by atoms with Crippen LogP contribution in [0.1, 0.15) is 29.2 Å². The fraction of sp³-hybridized carbons (Fsp3) is 0.263. The Morgan fingerprint density at radius 3 is 2.68 bits per heavy atom. The van der Waals surface area contributed by atoms with Crippen LogP contribution in [0.5, 0.6) is 11.5 Å². The van der Waals surface area contributed by atoms with Gasteiger partial charge in [0.2, 0.25) is 5.91 Å². The van der Waals surface area contributed by atoms with Crippen LogP contribution in [0.2, 0.25) is 5.15 Å². The second-order valence-corrected chi connectivity index (χ2v) is 6.77. The third kappa shape index (κ3) is 3.05. The van der Waals surface area contributed by atoms with Crippen molar-refractivity contribution in [1.82, 2.24) is 20.0 Å². The van der Waals surface area contributed by atoms with Crippen LogP contribution < -0.4 is 14.8 Å². The van der Waals surface area contributed by atoms with Crippen LogP contribution in [0, 0.1) is 6.92 Å². The highest BCUT2D eigenvalue weighted by atomic mass is 35.5. The van der Waals surface area contributed by atoms with Gasteiger partial charge in [0.15, 0.2) is 11.0 Å². The molecular weight excluding hydrogens is 382 g/mol. The normalized spacial score (nSPS) is 15.7. The van der Waals surface area contributed by atoms with Gasteiger partial charge in [-0.25, -0.2) is 0 Å². The summed E-state index contributed by atoms with van der Waals surface area (Å²) in [5, 5.41) is 15.7. The van der Waals surface area contributed by atoms with E-state index < -0.39 is 0 Å². The lowest BCUT2D eigenvalue weighted by Gasteiger charge is -2.25. The summed E-state index contributed by atoms with van der Waals surface area (Å²) in [6, 6.07) is 8.91. The first-order valence-corrected chi connectivity index (χ1v) is 9.00. The molecule has 28 heavy (non-hydrogen) atoms. The number of amides is 1. The second-order valence-electron chi connectivity index (χ2n) is 6.39. The van der Waals surface area contributed by atoms with Gasteiger partial charge in [0.25, 0.3) is 0 Å². The van der Waals surface area contributed by atoms with E-state index in [1.165, 1.54) is 0 Å². The van der Waals surface area contributed by atoms with E-state index in [0.29, 0.717) is 23.1 Å². The number of ether oxygens (including phenoxy) is 2. The van der Waals surface area contributed by atoms with Crippen molar-refractivity contribution in [2.24, 2.45) is 0 Å². The van der Waals surface area contributed by atoms with Gasteiger partial charge in [-0.1, -0.05) is 17.7 Å². The molecule has 9 heteroatoms. The van der Waals surface area contributed by atoms with Crippen molar-refractivity contribution in [3.63, 3.8) is 0 Å². The zero-order chi connectivity index (χ0) is 19.8. The number of methoxy groups -OCH3 is 2. The zero-order valence-electron chi connectivity index (χ0n) is 15.6. The standard InChI is InChI=1S/C19H18ClN5O3/c1-10-18-13(12-5-4-11(27-2)8-14(12)28-3)9-17(26)21-19(18)25(24-10)16-7-6-15(20)22-23-16/h4-8,13H,9H2,1-3H3,(H,21,26)/t13-/m1/s1. The van der Waals surface area contributed by atoms with E-state index >= 15 is 0 Å². The molecule has 3 heterocycles. The van der Waals surface area contributed by atoms with Crippen molar-refractivity contribution in [2.75, 3.05) is 19.5 Å². The molecular formula is C19H18ClN5O3. The van der Waals surface area contributed by atoms with E-state index in [2.05, 4.69) is 20.6 Å². The number of fused-ring (bicyclic) bond motifs is 1. The minimum atomic E-state index is -0.210. The summed E-state index contributed by atoms with van der Waals surface area (Å²) in [6.45, 7) is 1.90. The van der Waals surface area contributed by atoms with E-state index in [0.717, 1.165) is 16.8 Å². The first kappa shape index (κ1) is 18.2. The molecule has 8 nitrogen and oxygen atoms in total. The van der Waals surface area contributed by atoms with Crippen LogP contribution in [0.3, 0.4) is 0 Å². The molecule has 1 amide bonds.